The molecule has 0 heterocycles. The summed E-state index contributed by atoms with van der Waals surface area (Å²) in [5, 5.41) is 10.6. The standard InChI is InChI=1S/C25H42F2O/c1-5-25(26,27)13-10-17-7-9-20-19-8-6-18-16-22(2,28)14-15-24(18,4)21(19)11-12-23(17,20)3/h17-21,28H,5-16H2,1-4H3/t17?,18?,19?,20?,21?,22-,23?,24?/m0/s1. The van der Waals surface area contributed by atoms with Gasteiger partial charge >= 0.3 is 0 Å². The van der Waals surface area contributed by atoms with E-state index in [1.165, 1.54) is 44.9 Å². The van der Waals surface area contributed by atoms with Crippen LogP contribution in [-0.2, 0) is 0 Å². The minimum atomic E-state index is -2.48. The maximum absolute atomic E-state index is 13.9. The molecule has 1 N–H and O–H groups in total. The second-order valence-electron chi connectivity index (χ2n) is 11.9. The molecule has 0 bridgehead atoms. The molecule has 162 valence electrons. The van der Waals surface area contributed by atoms with Crippen molar-refractivity contribution in [2.75, 3.05) is 0 Å². The normalized spacial score (nSPS) is 51.3. The Balaban J connectivity index is 1.49. The summed E-state index contributed by atoms with van der Waals surface area (Å²) >= 11 is 0. The van der Waals surface area contributed by atoms with Crippen LogP contribution in [0.2, 0.25) is 0 Å². The van der Waals surface area contributed by atoms with Crippen LogP contribution in [0.4, 0.5) is 8.78 Å². The van der Waals surface area contributed by atoms with Crippen LogP contribution in [0.15, 0.2) is 0 Å². The summed E-state index contributed by atoms with van der Waals surface area (Å²) < 4.78 is 27.8. The molecule has 0 aromatic carbocycles. The summed E-state index contributed by atoms with van der Waals surface area (Å²) in [6.07, 6.45) is 11.4. The van der Waals surface area contributed by atoms with Gasteiger partial charge in [0.25, 0.3) is 0 Å². The van der Waals surface area contributed by atoms with E-state index in [9.17, 15) is 13.9 Å². The van der Waals surface area contributed by atoms with Gasteiger partial charge in [0.15, 0.2) is 0 Å². The van der Waals surface area contributed by atoms with E-state index in [1.807, 2.05) is 6.92 Å². The zero-order valence-corrected chi connectivity index (χ0v) is 18.6. The van der Waals surface area contributed by atoms with E-state index in [0.29, 0.717) is 23.7 Å². The van der Waals surface area contributed by atoms with Crippen molar-refractivity contribution in [3.8, 4) is 0 Å². The average Bonchev–Trinajstić information content (AvgIpc) is 2.97. The Morgan fingerprint density at radius 2 is 1.61 bits per heavy atom. The Bertz CT molecular complexity index is 587. The predicted octanol–water partition coefficient (Wildman–Crippen LogP) is 7.22. The SMILES string of the molecule is CCC(F)(F)CCC1CCC2C3CCC4C[C@@](C)(O)CCC4(C)C3CCC12C. The molecule has 0 saturated heterocycles. The lowest BCUT2D eigenvalue weighted by Crippen LogP contribution is -2.55. The summed E-state index contributed by atoms with van der Waals surface area (Å²) in [4.78, 5) is 0. The summed E-state index contributed by atoms with van der Waals surface area (Å²) in [6.45, 7) is 8.63. The van der Waals surface area contributed by atoms with Crippen LogP contribution in [0.25, 0.3) is 0 Å². The number of hydrogen-bond acceptors (Lipinski definition) is 1. The van der Waals surface area contributed by atoms with E-state index in [4.69, 9.17) is 0 Å². The second-order valence-corrected chi connectivity index (χ2v) is 11.9. The van der Waals surface area contributed by atoms with Crippen LogP contribution in [0, 0.1) is 40.4 Å². The van der Waals surface area contributed by atoms with Gasteiger partial charge in [-0.1, -0.05) is 20.8 Å². The van der Waals surface area contributed by atoms with E-state index in [0.717, 1.165) is 30.6 Å². The highest BCUT2D eigenvalue weighted by Crippen LogP contribution is 2.68. The largest absolute Gasteiger partial charge is 0.390 e. The first kappa shape index (κ1) is 21.1. The molecular weight excluding hydrogens is 354 g/mol. The highest BCUT2D eigenvalue weighted by Gasteiger charge is 2.60. The average molecular weight is 397 g/mol. The maximum atomic E-state index is 13.9. The van der Waals surface area contributed by atoms with Crippen LogP contribution in [-0.4, -0.2) is 16.6 Å². The van der Waals surface area contributed by atoms with Crippen molar-refractivity contribution in [3.05, 3.63) is 0 Å². The lowest BCUT2D eigenvalue weighted by molar-refractivity contribution is -0.147. The molecule has 4 rings (SSSR count). The van der Waals surface area contributed by atoms with Gasteiger partial charge in [0.1, 0.15) is 0 Å². The Kier molecular flexibility index (Phi) is 5.21. The third-order valence-corrected chi connectivity index (χ3v) is 10.5. The quantitative estimate of drug-likeness (QED) is 0.532. The van der Waals surface area contributed by atoms with Gasteiger partial charge in [-0.3, -0.25) is 0 Å². The van der Waals surface area contributed by atoms with Gasteiger partial charge in [-0.25, -0.2) is 8.78 Å². The van der Waals surface area contributed by atoms with Crippen LogP contribution in [0.3, 0.4) is 0 Å². The maximum Gasteiger partial charge on any atom is 0.247 e. The van der Waals surface area contributed by atoms with E-state index in [2.05, 4.69) is 13.8 Å². The fourth-order valence-corrected chi connectivity index (χ4v) is 8.58. The fourth-order valence-electron chi connectivity index (χ4n) is 8.58. The van der Waals surface area contributed by atoms with Gasteiger partial charge in [-0.2, -0.15) is 0 Å². The molecule has 4 fully saturated rings. The van der Waals surface area contributed by atoms with Crippen molar-refractivity contribution < 1.29 is 13.9 Å². The van der Waals surface area contributed by atoms with Crippen molar-refractivity contribution in [3.63, 3.8) is 0 Å². The molecule has 4 aliphatic carbocycles. The Labute approximate surface area is 171 Å². The second kappa shape index (κ2) is 6.92. The Morgan fingerprint density at radius 1 is 0.893 bits per heavy atom. The van der Waals surface area contributed by atoms with Gasteiger partial charge in [0.2, 0.25) is 5.92 Å². The minimum Gasteiger partial charge on any atom is -0.390 e. The number of alkyl halides is 2. The van der Waals surface area contributed by atoms with E-state index >= 15 is 0 Å². The van der Waals surface area contributed by atoms with Crippen molar-refractivity contribution in [1.82, 2.24) is 0 Å². The van der Waals surface area contributed by atoms with Gasteiger partial charge in [-0.15, -0.1) is 0 Å². The monoisotopic (exact) mass is 396 g/mol. The molecule has 28 heavy (non-hydrogen) atoms. The van der Waals surface area contributed by atoms with Gasteiger partial charge in [0, 0.05) is 12.8 Å². The zero-order valence-electron chi connectivity index (χ0n) is 18.6. The van der Waals surface area contributed by atoms with Gasteiger partial charge in [-0.05, 0) is 112 Å². The Hall–Kier alpha value is -0.180. The number of halogens is 2. The highest BCUT2D eigenvalue weighted by atomic mass is 19.3. The molecule has 0 spiro atoms. The summed E-state index contributed by atoms with van der Waals surface area (Å²) in [7, 11) is 0. The molecule has 3 heteroatoms. The first-order valence-corrected chi connectivity index (χ1v) is 12.1. The summed E-state index contributed by atoms with van der Waals surface area (Å²) in [6, 6.07) is 0. The lowest BCUT2D eigenvalue weighted by atomic mass is 9.44. The molecule has 0 radical (unpaired) electrons. The molecule has 1 nitrogen and oxygen atoms in total. The molecule has 7 unspecified atom stereocenters. The third kappa shape index (κ3) is 3.36. The van der Waals surface area contributed by atoms with Crippen molar-refractivity contribution >= 4 is 0 Å². The predicted molar refractivity (Wildman–Crippen MR) is 110 cm³/mol. The van der Waals surface area contributed by atoms with E-state index < -0.39 is 11.5 Å². The van der Waals surface area contributed by atoms with Crippen LogP contribution < -0.4 is 0 Å². The lowest BCUT2D eigenvalue weighted by Gasteiger charge is -2.62. The molecule has 4 aliphatic rings. The van der Waals surface area contributed by atoms with E-state index in [1.54, 1.807) is 6.92 Å². The number of fused-ring (bicyclic) bond motifs is 5. The van der Waals surface area contributed by atoms with Crippen molar-refractivity contribution in [2.24, 2.45) is 40.4 Å². The molecule has 0 aromatic heterocycles. The number of hydrogen-bond donors (Lipinski definition) is 1. The third-order valence-electron chi connectivity index (χ3n) is 10.5. The van der Waals surface area contributed by atoms with Crippen molar-refractivity contribution in [1.29, 1.82) is 0 Å². The zero-order chi connectivity index (χ0) is 20.4. The topological polar surface area (TPSA) is 20.2 Å². The highest BCUT2D eigenvalue weighted by molar-refractivity contribution is 5.10. The van der Waals surface area contributed by atoms with Crippen LogP contribution in [0.1, 0.15) is 105 Å². The van der Waals surface area contributed by atoms with Crippen LogP contribution in [0.5, 0.6) is 0 Å². The molecule has 8 atom stereocenters. The van der Waals surface area contributed by atoms with Gasteiger partial charge < -0.3 is 5.11 Å². The van der Waals surface area contributed by atoms with Crippen molar-refractivity contribution in [2.45, 2.75) is 116 Å². The Morgan fingerprint density at radius 3 is 2.32 bits per heavy atom. The number of aliphatic hydroxyl groups is 1. The first-order chi connectivity index (χ1) is 13.0. The molecule has 0 amide bonds. The molecule has 4 saturated carbocycles. The van der Waals surface area contributed by atoms with Gasteiger partial charge in [0.05, 0.1) is 5.60 Å². The first-order valence-electron chi connectivity index (χ1n) is 12.1. The molecular formula is C25H42F2O. The minimum absolute atomic E-state index is 0.0198. The smallest absolute Gasteiger partial charge is 0.247 e. The van der Waals surface area contributed by atoms with Crippen LogP contribution >= 0.6 is 0 Å². The summed E-state index contributed by atoms with van der Waals surface area (Å²) in [5.74, 6) is 1.01. The summed E-state index contributed by atoms with van der Waals surface area (Å²) in [5.41, 5.74) is 0.206. The number of rotatable bonds is 4. The fraction of sp³-hybridized carbons (Fsp3) is 1.00. The molecule has 0 aliphatic heterocycles. The van der Waals surface area contributed by atoms with E-state index in [-0.39, 0.29) is 18.3 Å². The molecule has 0 aromatic rings.